The van der Waals surface area contributed by atoms with Crippen LogP contribution in [0.5, 0.6) is 0 Å². The summed E-state index contributed by atoms with van der Waals surface area (Å²) in [5.74, 6) is -1.22. The van der Waals surface area contributed by atoms with E-state index in [4.69, 9.17) is 9.40 Å². The topological polar surface area (TPSA) is 105 Å². The summed E-state index contributed by atoms with van der Waals surface area (Å²) < 4.78 is 19.8. The van der Waals surface area contributed by atoms with Gasteiger partial charge >= 0.3 is 6.03 Å². The Bertz CT molecular complexity index is 1340. The largest absolute Gasteiger partial charge is 0.471 e. The molecule has 2 saturated heterocycles. The van der Waals surface area contributed by atoms with E-state index in [1.165, 1.54) is 34.2 Å². The first-order chi connectivity index (χ1) is 18.2. The maximum atomic E-state index is 13.5. The van der Waals surface area contributed by atoms with Gasteiger partial charge in [-0.2, -0.15) is 9.67 Å². The number of urea groups is 1. The normalized spacial score (nSPS) is 19.7. The molecule has 3 amide bonds. The Morgan fingerprint density at radius 3 is 2.50 bits per heavy atom. The first kappa shape index (κ1) is 25.6. The van der Waals surface area contributed by atoms with Crippen LogP contribution in [0.4, 0.5) is 15.1 Å². The number of furan rings is 1. The van der Waals surface area contributed by atoms with Crippen LogP contribution < -0.4 is 4.90 Å². The fourth-order valence-corrected chi connectivity index (χ4v) is 5.16. The second-order valence-corrected chi connectivity index (χ2v) is 10.1. The molecule has 0 spiro atoms. The monoisotopic (exact) mass is 522 g/mol. The summed E-state index contributed by atoms with van der Waals surface area (Å²) in [6.45, 7) is 5.52. The quantitative estimate of drug-likeness (QED) is 0.502. The summed E-state index contributed by atoms with van der Waals surface area (Å²) in [7, 11) is 1.77. The molecule has 2 fully saturated rings. The Hall–Kier alpha value is -4.02. The Morgan fingerprint density at radius 1 is 1.13 bits per heavy atom. The van der Waals surface area contributed by atoms with E-state index in [1.807, 2.05) is 0 Å². The lowest BCUT2D eigenvalue weighted by atomic mass is 9.85. The van der Waals surface area contributed by atoms with E-state index in [9.17, 15) is 18.8 Å². The number of piperidine rings is 1. The number of carbonyl (C=O) groups is 3. The van der Waals surface area contributed by atoms with Crippen LogP contribution in [0.3, 0.4) is 0 Å². The molecule has 0 radical (unpaired) electrons. The number of rotatable bonds is 5. The van der Waals surface area contributed by atoms with Crippen molar-refractivity contribution < 1.29 is 23.2 Å². The van der Waals surface area contributed by atoms with Crippen molar-refractivity contribution in [2.24, 2.45) is 5.92 Å². The van der Waals surface area contributed by atoms with Gasteiger partial charge in [0, 0.05) is 50.6 Å². The maximum absolute atomic E-state index is 13.5. The van der Waals surface area contributed by atoms with Gasteiger partial charge in [-0.15, -0.1) is 5.10 Å². The van der Waals surface area contributed by atoms with Crippen molar-refractivity contribution in [3.05, 3.63) is 65.1 Å². The minimum absolute atomic E-state index is 0.235. The van der Waals surface area contributed by atoms with Crippen molar-refractivity contribution >= 4 is 23.8 Å². The molecule has 11 heteroatoms. The first-order valence-electron chi connectivity index (χ1n) is 12.8. The molecule has 0 bridgehead atoms. The van der Waals surface area contributed by atoms with E-state index in [0.717, 1.165) is 18.4 Å². The Balaban J connectivity index is 1.43. The predicted octanol–water partition coefficient (Wildman–Crippen LogP) is 3.81. The summed E-state index contributed by atoms with van der Waals surface area (Å²) in [6, 6.07) is 5.86. The fraction of sp³-hybridized carbons (Fsp3) is 0.444. The fourth-order valence-electron chi connectivity index (χ4n) is 5.16. The molecule has 3 aromatic rings. The SMILES string of the molecule is Cc1cocc1C(=O)n1nc(C2CCN(C(=O)N3CCCC3)C(=O)C2C)nc1N(C)Cc1ccc(F)cc1. The second kappa shape index (κ2) is 10.4. The van der Waals surface area contributed by atoms with Crippen molar-refractivity contribution in [3.63, 3.8) is 0 Å². The summed E-state index contributed by atoms with van der Waals surface area (Å²) in [5, 5.41) is 4.59. The molecule has 2 unspecified atom stereocenters. The van der Waals surface area contributed by atoms with Crippen LogP contribution in [0.15, 0.2) is 41.2 Å². The number of halogens is 1. The highest BCUT2D eigenvalue weighted by Crippen LogP contribution is 2.34. The van der Waals surface area contributed by atoms with Crippen molar-refractivity contribution in [3.8, 4) is 0 Å². The van der Waals surface area contributed by atoms with E-state index >= 15 is 0 Å². The van der Waals surface area contributed by atoms with Crippen molar-refractivity contribution in [1.82, 2.24) is 24.6 Å². The third-order valence-electron chi connectivity index (χ3n) is 7.42. The zero-order chi connectivity index (χ0) is 27.0. The summed E-state index contributed by atoms with van der Waals surface area (Å²) in [5.41, 5.74) is 1.85. The Labute approximate surface area is 220 Å². The number of hydrogen-bond acceptors (Lipinski definition) is 7. The van der Waals surface area contributed by atoms with Crippen LogP contribution in [-0.2, 0) is 11.3 Å². The van der Waals surface area contributed by atoms with E-state index in [2.05, 4.69) is 5.10 Å². The highest BCUT2D eigenvalue weighted by atomic mass is 19.1. The van der Waals surface area contributed by atoms with Gasteiger partial charge in [0.1, 0.15) is 12.1 Å². The highest BCUT2D eigenvalue weighted by Gasteiger charge is 2.41. The minimum atomic E-state index is -0.535. The van der Waals surface area contributed by atoms with Gasteiger partial charge in [-0.3, -0.25) is 14.5 Å². The number of carbonyl (C=O) groups excluding carboxylic acids is 3. The van der Waals surface area contributed by atoms with E-state index in [0.29, 0.717) is 49.0 Å². The van der Waals surface area contributed by atoms with Crippen LogP contribution in [0.1, 0.15) is 59.4 Å². The Morgan fingerprint density at radius 2 is 1.84 bits per heavy atom. The minimum Gasteiger partial charge on any atom is -0.471 e. The second-order valence-electron chi connectivity index (χ2n) is 10.1. The summed E-state index contributed by atoms with van der Waals surface area (Å²) >= 11 is 0. The highest BCUT2D eigenvalue weighted by molar-refractivity contribution is 5.98. The number of imide groups is 1. The molecule has 0 saturated carbocycles. The summed E-state index contributed by atoms with van der Waals surface area (Å²) in [6.07, 6.45) is 5.26. The van der Waals surface area contributed by atoms with Crippen LogP contribution in [0, 0.1) is 18.7 Å². The molecule has 1 aromatic carbocycles. The lowest BCUT2D eigenvalue weighted by molar-refractivity contribution is -0.135. The van der Waals surface area contributed by atoms with Gasteiger partial charge in [0.25, 0.3) is 5.91 Å². The maximum Gasteiger partial charge on any atom is 0.326 e. The molecule has 2 aliphatic heterocycles. The number of amides is 3. The predicted molar refractivity (Wildman–Crippen MR) is 136 cm³/mol. The average Bonchev–Trinajstić information content (AvgIpc) is 3.67. The van der Waals surface area contributed by atoms with Crippen LogP contribution in [0.2, 0.25) is 0 Å². The van der Waals surface area contributed by atoms with Gasteiger partial charge in [0.2, 0.25) is 11.9 Å². The van der Waals surface area contributed by atoms with Crippen molar-refractivity contribution in [2.75, 3.05) is 31.6 Å². The molecule has 0 N–H and O–H groups in total. The Kier molecular flexibility index (Phi) is 7.00. The number of benzene rings is 1. The first-order valence-corrected chi connectivity index (χ1v) is 12.8. The number of anilines is 1. The lowest BCUT2D eigenvalue weighted by Gasteiger charge is -2.35. The molecule has 5 rings (SSSR count). The zero-order valence-corrected chi connectivity index (χ0v) is 21.8. The molecule has 4 heterocycles. The molecule has 2 aromatic heterocycles. The van der Waals surface area contributed by atoms with Gasteiger partial charge in [-0.25, -0.2) is 9.18 Å². The molecule has 38 heavy (non-hydrogen) atoms. The van der Waals surface area contributed by atoms with Gasteiger partial charge in [-0.1, -0.05) is 19.1 Å². The van der Waals surface area contributed by atoms with Gasteiger partial charge in [0.05, 0.1) is 11.8 Å². The van der Waals surface area contributed by atoms with Gasteiger partial charge < -0.3 is 14.2 Å². The lowest BCUT2D eigenvalue weighted by Crippen LogP contribution is -2.51. The number of likely N-dealkylation sites (tertiary alicyclic amines) is 2. The van der Waals surface area contributed by atoms with E-state index in [1.54, 1.807) is 42.8 Å². The number of hydrogen-bond donors (Lipinski definition) is 0. The van der Waals surface area contributed by atoms with E-state index in [-0.39, 0.29) is 30.2 Å². The number of aromatic nitrogens is 3. The molecule has 10 nitrogen and oxygen atoms in total. The van der Waals surface area contributed by atoms with Crippen molar-refractivity contribution in [1.29, 1.82) is 0 Å². The molecule has 0 aliphatic carbocycles. The third kappa shape index (κ3) is 4.80. The zero-order valence-electron chi connectivity index (χ0n) is 21.8. The molecule has 200 valence electrons. The molecule has 2 atom stereocenters. The smallest absolute Gasteiger partial charge is 0.326 e. The number of nitrogens with zero attached hydrogens (tertiary/aromatic N) is 6. The summed E-state index contributed by atoms with van der Waals surface area (Å²) in [4.78, 5) is 49.2. The van der Waals surface area contributed by atoms with Crippen molar-refractivity contribution in [2.45, 2.75) is 45.6 Å². The molecular formula is C27H31FN6O4. The average molecular weight is 523 g/mol. The van der Waals surface area contributed by atoms with E-state index < -0.39 is 11.8 Å². The molecule has 2 aliphatic rings. The standard InChI is InChI=1S/C27H31FN6O4/c1-17-15-38-16-22(17)25(36)34-26(31(3)14-19-6-8-20(28)9-7-19)29-23(30-34)21-10-13-33(24(35)18(21)2)27(37)32-11-4-5-12-32/h6-9,15-16,18,21H,4-5,10-14H2,1-3H3. The number of aryl methyl sites for hydroxylation is 1. The third-order valence-corrected chi connectivity index (χ3v) is 7.42. The van der Waals surface area contributed by atoms with Crippen LogP contribution >= 0.6 is 0 Å². The van der Waals surface area contributed by atoms with Gasteiger partial charge in [-0.05, 0) is 43.9 Å². The van der Waals surface area contributed by atoms with Crippen LogP contribution in [-0.4, -0.2) is 69.1 Å². The molecular weight excluding hydrogens is 491 g/mol. The van der Waals surface area contributed by atoms with Crippen LogP contribution in [0.25, 0.3) is 0 Å². The van der Waals surface area contributed by atoms with Gasteiger partial charge in [0.15, 0.2) is 5.82 Å².